The number of benzene rings is 3. The van der Waals surface area contributed by atoms with Crippen LogP contribution in [0.15, 0.2) is 91.1 Å². The molecule has 0 bridgehead atoms. The minimum absolute atomic E-state index is 0.0355. The Morgan fingerprint density at radius 2 is 1.55 bits per heavy atom. The molecule has 152 valence electrons. The van der Waals surface area contributed by atoms with Crippen LogP contribution in [0.4, 0.5) is 5.13 Å². The van der Waals surface area contributed by atoms with Crippen molar-refractivity contribution < 1.29 is 5.11 Å². The quantitative estimate of drug-likeness (QED) is 0.471. The lowest BCUT2D eigenvalue weighted by molar-refractivity contribution is 0.188. The van der Waals surface area contributed by atoms with Gasteiger partial charge in [-0.1, -0.05) is 96.3 Å². The van der Waals surface area contributed by atoms with Gasteiger partial charge in [-0.05, 0) is 22.3 Å². The second kappa shape index (κ2) is 8.35. The molecule has 0 aliphatic carbocycles. The van der Waals surface area contributed by atoms with E-state index in [-0.39, 0.29) is 24.6 Å². The fourth-order valence-electron chi connectivity index (χ4n) is 4.43. The van der Waals surface area contributed by atoms with E-state index in [1.807, 2.05) is 59.6 Å². The Hall–Kier alpha value is -3.46. The zero-order valence-corrected chi connectivity index (χ0v) is 17.6. The molecule has 3 atom stereocenters. The smallest absolute Gasteiger partial charge is 0.187 e. The fraction of sp³-hybridized carbons (Fsp3) is 0.154. The van der Waals surface area contributed by atoms with Gasteiger partial charge in [-0.2, -0.15) is 5.26 Å². The topological polar surface area (TPSA) is 60.1 Å². The summed E-state index contributed by atoms with van der Waals surface area (Å²) in [7, 11) is 0. The highest BCUT2D eigenvalue weighted by molar-refractivity contribution is 7.18. The lowest BCUT2D eigenvalue weighted by atomic mass is 9.74. The number of aromatic nitrogens is 1. The van der Waals surface area contributed by atoms with Gasteiger partial charge in [0.2, 0.25) is 0 Å². The molecule has 1 fully saturated rings. The molecule has 0 spiro atoms. The summed E-state index contributed by atoms with van der Waals surface area (Å²) >= 11 is 1.56. The Kier molecular flexibility index (Phi) is 5.25. The number of rotatable bonds is 5. The molecule has 1 aromatic heterocycles. The fourth-order valence-corrected chi connectivity index (χ4v) is 5.45. The third-order valence-corrected chi connectivity index (χ3v) is 6.97. The van der Waals surface area contributed by atoms with Crippen LogP contribution < -0.4 is 4.90 Å². The first-order chi connectivity index (χ1) is 15.3. The summed E-state index contributed by atoms with van der Waals surface area (Å²) < 4.78 is 0. The van der Waals surface area contributed by atoms with Crippen molar-refractivity contribution in [3.8, 4) is 27.6 Å². The second-order valence-corrected chi connectivity index (χ2v) is 8.59. The van der Waals surface area contributed by atoms with E-state index < -0.39 is 0 Å². The number of nitriles is 1. The normalized spacial score (nSPS) is 20.1. The number of nitrogens with zero attached hydrogens (tertiary/aromatic N) is 3. The van der Waals surface area contributed by atoms with Crippen molar-refractivity contribution in [3.63, 3.8) is 0 Å². The second-order valence-electron chi connectivity index (χ2n) is 7.58. The van der Waals surface area contributed by atoms with Crippen molar-refractivity contribution >= 4 is 16.5 Å². The molecule has 5 rings (SSSR count). The zero-order valence-electron chi connectivity index (χ0n) is 16.8. The highest BCUT2D eigenvalue weighted by Gasteiger charge is 2.51. The average molecular weight is 424 g/mol. The molecule has 0 amide bonds. The van der Waals surface area contributed by atoms with Crippen molar-refractivity contribution in [3.05, 3.63) is 96.7 Å². The summed E-state index contributed by atoms with van der Waals surface area (Å²) in [6.07, 6.45) is 1.85. The van der Waals surface area contributed by atoms with Crippen molar-refractivity contribution in [1.82, 2.24) is 4.98 Å². The van der Waals surface area contributed by atoms with Gasteiger partial charge in [0, 0.05) is 12.1 Å². The van der Waals surface area contributed by atoms with Crippen LogP contribution in [0.1, 0.15) is 11.5 Å². The molecule has 0 saturated carbocycles. The van der Waals surface area contributed by atoms with Gasteiger partial charge in [0.25, 0.3) is 0 Å². The molecule has 4 aromatic rings. The number of aliphatic hydroxyl groups is 1. The monoisotopic (exact) mass is 423 g/mol. The summed E-state index contributed by atoms with van der Waals surface area (Å²) in [6, 6.07) is 30.4. The molecule has 31 heavy (non-hydrogen) atoms. The first-order valence-electron chi connectivity index (χ1n) is 10.3. The third kappa shape index (κ3) is 3.40. The summed E-state index contributed by atoms with van der Waals surface area (Å²) in [4.78, 5) is 7.63. The van der Waals surface area contributed by atoms with Gasteiger partial charge in [0.05, 0.1) is 23.6 Å². The Morgan fingerprint density at radius 3 is 2.23 bits per heavy atom. The van der Waals surface area contributed by atoms with Crippen molar-refractivity contribution in [2.45, 2.75) is 18.0 Å². The minimum Gasteiger partial charge on any atom is -0.394 e. The Morgan fingerprint density at radius 1 is 0.903 bits per heavy atom. The molecular formula is C26H21N3OS. The van der Waals surface area contributed by atoms with Gasteiger partial charge in [0.1, 0.15) is 6.04 Å². The van der Waals surface area contributed by atoms with E-state index in [4.69, 9.17) is 0 Å². The molecule has 1 N–H and O–H groups in total. The van der Waals surface area contributed by atoms with Gasteiger partial charge in [-0.3, -0.25) is 0 Å². The van der Waals surface area contributed by atoms with Crippen molar-refractivity contribution in [2.24, 2.45) is 0 Å². The maximum absolute atomic E-state index is 10.3. The first-order valence-corrected chi connectivity index (χ1v) is 11.1. The number of thiazole rings is 1. The number of hydrogen-bond donors (Lipinski definition) is 1. The van der Waals surface area contributed by atoms with Crippen molar-refractivity contribution in [2.75, 3.05) is 11.5 Å². The third-order valence-electron chi connectivity index (χ3n) is 5.91. The highest BCUT2D eigenvalue weighted by atomic mass is 32.1. The number of aliphatic hydroxyl groups excluding tert-OH is 1. The van der Waals surface area contributed by atoms with Crippen LogP contribution >= 0.6 is 11.3 Å². The zero-order chi connectivity index (χ0) is 21.2. The molecule has 2 heterocycles. The van der Waals surface area contributed by atoms with E-state index in [9.17, 15) is 10.4 Å². The Balaban J connectivity index is 1.50. The average Bonchev–Trinajstić information content (AvgIpc) is 3.30. The van der Waals surface area contributed by atoms with Gasteiger partial charge < -0.3 is 10.0 Å². The molecule has 1 aliphatic rings. The van der Waals surface area contributed by atoms with Crippen LogP contribution in [-0.2, 0) is 0 Å². The summed E-state index contributed by atoms with van der Waals surface area (Å²) in [5.74, 6) is -0.0875. The Labute approximate surface area is 185 Å². The maximum Gasteiger partial charge on any atom is 0.187 e. The van der Waals surface area contributed by atoms with Gasteiger partial charge in [-0.15, -0.1) is 0 Å². The van der Waals surface area contributed by atoms with E-state index in [2.05, 4.69) is 47.5 Å². The highest BCUT2D eigenvalue weighted by Crippen LogP contribution is 2.47. The van der Waals surface area contributed by atoms with Gasteiger partial charge in [-0.25, -0.2) is 4.98 Å². The van der Waals surface area contributed by atoms with E-state index in [0.717, 1.165) is 32.3 Å². The molecular weight excluding hydrogens is 402 g/mol. The molecule has 5 heteroatoms. The lowest BCUT2D eigenvalue weighted by Crippen LogP contribution is -2.63. The van der Waals surface area contributed by atoms with Crippen LogP contribution in [0.5, 0.6) is 0 Å². The van der Waals surface area contributed by atoms with E-state index >= 15 is 0 Å². The molecule has 1 aliphatic heterocycles. The summed E-state index contributed by atoms with van der Waals surface area (Å²) in [6.45, 7) is -0.0355. The molecule has 1 saturated heterocycles. The van der Waals surface area contributed by atoms with Crippen LogP contribution in [0, 0.1) is 11.3 Å². The van der Waals surface area contributed by atoms with E-state index in [1.54, 1.807) is 11.3 Å². The predicted molar refractivity (Wildman–Crippen MR) is 125 cm³/mol. The van der Waals surface area contributed by atoms with Gasteiger partial charge >= 0.3 is 0 Å². The van der Waals surface area contributed by atoms with Crippen LogP contribution in [0.2, 0.25) is 0 Å². The molecule has 0 unspecified atom stereocenters. The number of anilines is 1. The standard InChI is InChI=1S/C26H21N3OS/c27-15-22-25(21-14-8-7-13-20(21)18-9-3-1-4-10-18)23(17-30)29(22)26-28-16-24(31-26)19-11-5-2-6-12-19/h1-14,16,22-23,25,30H,17H2/t22-,23+,25+/m1/s1. The molecule has 0 radical (unpaired) electrons. The predicted octanol–water partition coefficient (Wildman–Crippen LogP) is 5.33. The van der Waals surface area contributed by atoms with E-state index in [0.29, 0.717) is 0 Å². The summed E-state index contributed by atoms with van der Waals surface area (Å²) in [5.41, 5.74) is 4.42. The van der Waals surface area contributed by atoms with Gasteiger partial charge in [0.15, 0.2) is 5.13 Å². The lowest BCUT2D eigenvalue weighted by Gasteiger charge is -2.52. The van der Waals surface area contributed by atoms with Crippen LogP contribution in [0.25, 0.3) is 21.6 Å². The summed E-state index contributed by atoms with van der Waals surface area (Å²) in [5, 5.41) is 21.1. The van der Waals surface area contributed by atoms with Crippen LogP contribution in [0.3, 0.4) is 0 Å². The van der Waals surface area contributed by atoms with Crippen molar-refractivity contribution in [1.29, 1.82) is 5.26 Å². The first kappa shape index (κ1) is 19.5. The molecule has 3 aromatic carbocycles. The SMILES string of the molecule is N#C[C@@H]1[C@H](c2ccccc2-c2ccccc2)[C@H](CO)N1c1ncc(-c2ccccc2)s1. The molecule has 4 nitrogen and oxygen atoms in total. The van der Waals surface area contributed by atoms with E-state index in [1.165, 1.54) is 0 Å². The maximum atomic E-state index is 10.3. The van der Waals surface area contributed by atoms with Crippen LogP contribution in [-0.4, -0.2) is 28.8 Å². The Bertz CT molecular complexity index is 1220. The minimum atomic E-state index is -0.378. The largest absolute Gasteiger partial charge is 0.394 e. The number of hydrogen-bond acceptors (Lipinski definition) is 5.